The Morgan fingerprint density at radius 1 is 0.769 bits per heavy atom. The monoisotopic (exact) mass is 348 g/mol. The van der Waals surface area contributed by atoms with Gasteiger partial charge in [-0.3, -0.25) is 9.98 Å². The van der Waals surface area contributed by atoms with E-state index in [0.29, 0.717) is 11.8 Å². The van der Waals surface area contributed by atoms with Crippen LogP contribution in [0.15, 0.2) is 52.4 Å². The molecule has 0 bridgehead atoms. The minimum Gasteiger partial charge on any atom is -0.258 e. The fourth-order valence-corrected chi connectivity index (χ4v) is 3.12. The van der Waals surface area contributed by atoms with Crippen molar-refractivity contribution in [2.45, 2.75) is 66.7 Å². The molecule has 2 aromatic carbocycles. The lowest BCUT2D eigenvalue weighted by Gasteiger charge is -2.17. The molecule has 0 aliphatic rings. The van der Waals surface area contributed by atoms with E-state index in [4.69, 9.17) is 9.98 Å². The number of hydrogen-bond donors (Lipinski definition) is 0. The van der Waals surface area contributed by atoms with Crippen LogP contribution >= 0.6 is 0 Å². The van der Waals surface area contributed by atoms with Crippen molar-refractivity contribution >= 4 is 22.8 Å². The standard InChI is InChI=1S/C24H32N2/c1-16(2)22-9-8-10-23(17(3)4)24(22)26-20(7)15-19(6)25-21-13-11-18(5)12-14-21/h8-14,16-17H,15H2,1-7H3. The molecular weight excluding hydrogens is 316 g/mol. The second-order valence-electron chi connectivity index (χ2n) is 7.80. The maximum Gasteiger partial charge on any atom is 0.0698 e. The van der Waals surface area contributed by atoms with E-state index in [0.717, 1.165) is 29.2 Å². The van der Waals surface area contributed by atoms with E-state index in [1.165, 1.54) is 16.7 Å². The van der Waals surface area contributed by atoms with E-state index in [9.17, 15) is 0 Å². The molecule has 138 valence electrons. The number of aliphatic imine (C=N–C) groups is 2. The van der Waals surface area contributed by atoms with Crippen molar-refractivity contribution in [3.63, 3.8) is 0 Å². The van der Waals surface area contributed by atoms with Gasteiger partial charge in [-0.15, -0.1) is 0 Å². The summed E-state index contributed by atoms with van der Waals surface area (Å²) in [5.74, 6) is 0.921. The molecule has 0 N–H and O–H groups in total. The second kappa shape index (κ2) is 8.93. The summed E-state index contributed by atoms with van der Waals surface area (Å²) in [7, 11) is 0. The average Bonchev–Trinajstić information content (AvgIpc) is 2.56. The van der Waals surface area contributed by atoms with E-state index < -0.39 is 0 Å². The molecule has 0 saturated carbocycles. The van der Waals surface area contributed by atoms with Crippen LogP contribution in [0.2, 0.25) is 0 Å². The molecule has 2 heteroatoms. The van der Waals surface area contributed by atoms with E-state index in [-0.39, 0.29) is 0 Å². The molecule has 0 spiro atoms. The summed E-state index contributed by atoms with van der Waals surface area (Å²) in [5.41, 5.74) is 8.25. The largest absolute Gasteiger partial charge is 0.258 e. The van der Waals surface area contributed by atoms with Gasteiger partial charge < -0.3 is 0 Å². The van der Waals surface area contributed by atoms with Gasteiger partial charge in [0.05, 0.1) is 11.4 Å². The Balaban J connectivity index is 2.30. The summed E-state index contributed by atoms with van der Waals surface area (Å²) in [6.07, 6.45) is 0.790. The topological polar surface area (TPSA) is 24.7 Å². The van der Waals surface area contributed by atoms with Gasteiger partial charge in [0.15, 0.2) is 0 Å². The van der Waals surface area contributed by atoms with Crippen molar-refractivity contribution in [1.82, 2.24) is 0 Å². The van der Waals surface area contributed by atoms with Crippen molar-refractivity contribution in [3.05, 3.63) is 59.2 Å². The molecular formula is C24H32N2. The molecule has 0 fully saturated rings. The minimum atomic E-state index is 0.461. The molecule has 2 aromatic rings. The molecule has 0 amide bonds. The maximum atomic E-state index is 5.03. The molecule has 0 atom stereocenters. The van der Waals surface area contributed by atoms with Crippen LogP contribution in [0.1, 0.15) is 76.5 Å². The number of hydrogen-bond acceptors (Lipinski definition) is 2. The van der Waals surface area contributed by atoms with Crippen LogP contribution in [0.25, 0.3) is 0 Å². The van der Waals surface area contributed by atoms with Crippen molar-refractivity contribution in [2.75, 3.05) is 0 Å². The summed E-state index contributed by atoms with van der Waals surface area (Å²) in [6, 6.07) is 14.9. The predicted molar refractivity (Wildman–Crippen MR) is 116 cm³/mol. The summed E-state index contributed by atoms with van der Waals surface area (Å²) in [4.78, 5) is 9.77. The molecule has 0 aliphatic heterocycles. The maximum absolute atomic E-state index is 5.03. The predicted octanol–water partition coefficient (Wildman–Crippen LogP) is 7.52. The zero-order chi connectivity index (χ0) is 19.3. The zero-order valence-corrected chi connectivity index (χ0v) is 17.3. The highest BCUT2D eigenvalue weighted by Crippen LogP contribution is 2.35. The minimum absolute atomic E-state index is 0.461. The summed E-state index contributed by atoms with van der Waals surface area (Å²) in [5, 5.41) is 0. The van der Waals surface area contributed by atoms with Gasteiger partial charge >= 0.3 is 0 Å². The van der Waals surface area contributed by atoms with Gasteiger partial charge in [0.1, 0.15) is 0 Å². The van der Waals surface area contributed by atoms with Crippen LogP contribution in [-0.2, 0) is 0 Å². The van der Waals surface area contributed by atoms with E-state index >= 15 is 0 Å². The number of benzene rings is 2. The highest BCUT2D eigenvalue weighted by Gasteiger charge is 2.13. The van der Waals surface area contributed by atoms with Crippen molar-refractivity contribution < 1.29 is 0 Å². The smallest absolute Gasteiger partial charge is 0.0698 e. The Morgan fingerprint density at radius 2 is 1.27 bits per heavy atom. The van der Waals surface area contributed by atoms with Crippen molar-refractivity contribution in [1.29, 1.82) is 0 Å². The molecule has 0 radical (unpaired) electrons. The molecule has 2 rings (SSSR count). The molecule has 26 heavy (non-hydrogen) atoms. The fourth-order valence-electron chi connectivity index (χ4n) is 3.12. The first-order chi connectivity index (χ1) is 12.3. The number of para-hydroxylation sites is 1. The van der Waals surface area contributed by atoms with Gasteiger partial charge in [-0.05, 0) is 55.9 Å². The molecule has 0 aromatic heterocycles. The lowest BCUT2D eigenvalue weighted by atomic mass is 9.93. The molecule has 0 unspecified atom stereocenters. The van der Waals surface area contributed by atoms with Gasteiger partial charge in [0.2, 0.25) is 0 Å². The highest BCUT2D eigenvalue weighted by molar-refractivity contribution is 6.04. The quantitative estimate of drug-likeness (QED) is 0.482. The molecule has 2 nitrogen and oxygen atoms in total. The summed E-state index contributed by atoms with van der Waals surface area (Å²) >= 11 is 0. The Hall–Kier alpha value is -2.22. The van der Waals surface area contributed by atoms with E-state index in [1.54, 1.807) is 0 Å². The first-order valence-electron chi connectivity index (χ1n) is 9.55. The second-order valence-corrected chi connectivity index (χ2v) is 7.80. The fraction of sp³-hybridized carbons (Fsp3) is 0.417. The Kier molecular flexibility index (Phi) is 6.90. The van der Waals surface area contributed by atoms with Crippen molar-refractivity contribution in [3.8, 4) is 0 Å². The molecule has 0 heterocycles. The van der Waals surface area contributed by atoms with E-state index in [1.807, 2.05) is 0 Å². The van der Waals surface area contributed by atoms with Crippen LogP contribution < -0.4 is 0 Å². The van der Waals surface area contributed by atoms with Crippen LogP contribution in [0.5, 0.6) is 0 Å². The lowest BCUT2D eigenvalue weighted by molar-refractivity contribution is 0.834. The Morgan fingerprint density at radius 3 is 1.77 bits per heavy atom. The third kappa shape index (κ3) is 5.39. The molecule has 0 aliphatic carbocycles. The van der Waals surface area contributed by atoms with Crippen LogP contribution in [-0.4, -0.2) is 11.4 Å². The first kappa shape index (κ1) is 20.1. The Labute approximate surface area is 159 Å². The number of aryl methyl sites for hydroxylation is 1. The molecule has 0 saturated heterocycles. The van der Waals surface area contributed by atoms with Crippen LogP contribution in [0, 0.1) is 6.92 Å². The van der Waals surface area contributed by atoms with Gasteiger partial charge in [-0.1, -0.05) is 63.6 Å². The average molecular weight is 349 g/mol. The van der Waals surface area contributed by atoms with Gasteiger partial charge in [0, 0.05) is 17.8 Å². The van der Waals surface area contributed by atoms with Crippen LogP contribution in [0.4, 0.5) is 11.4 Å². The number of nitrogens with zero attached hydrogens (tertiary/aromatic N) is 2. The van der Waals surface area contributed by atoms with Gasteiger partial charge in [-0.25, -0.2) is 0 Å². The zero-order valence-electron chi connectivity index (χ0n) is 17.3. The van der Waals surface area contributed by atoms with Crippen LogP contribution in [0.3, 0.4) is 0 Å². The summed E-state index contributed by atoms with van der Waals surface area (Å²) < 4.78 is 0. The summed E-state index contributed by atoms with van der Waals surface area (Å²) in [6.45, 7) is 15.2. The first-order valence-corrected chi connectivity index (χ1v) is 9.55. The Bertz CT molecular complexity index is 767. The van der Waals surface area contributed by atoms with E-state index in [2.05, 4.69) is 90.9 Å². The van der Waals surface area contributed by atoms with Crippen molar-refractivity contribution in [2.24, 2.45) is 9.98 Å². The SMILES string of the molecule is CC(CC(C)=Nc1c(C(C)C)cccc1C(C)C)=Nc1ccc(C)cc1. The third-order valence-corrected chi connectivity index (χ3v) is 4.51. The highest BCUT2D eigenvalue weighted by atomic mass is 14.8. The number of rotatable bonds is 6. The van der Waals surface area contributed by atoms with Gasteiger partial charge in [-0.2, -0.15) is 0 Å². The van der Waals surface area contributed by atoms with Gasteiger partial charge in [0.25, 0.3) is 0 Å². The third-order valence-electron chi connectivity index (χ3n) is 4.51. The normalized spacial score (nSPS) is 13.0. The lowest BCUT2D eigenvalue weighted by Crippen LogP contribution is -2.02.